The summed E-state index contributed by atoms with van der Waals surface area (Å²) in [5, 5.41) is 0. The summed E-state index contributed by atoms with van der Waals surface area (Å²) in [4.78, 5) is 4.59. The maximum atomic E-state index is 14.9. The molecule has 1 aromatic rings. The fourth-order valence-corrected chi connectivity index (χ4v) is 3.41. The Hall–Kier alpha value is -1.20. The summed E-state index contributed by atoms with van der Waals surface area (Å²) < 4.78 is 27.1. The maximum absolute atomic E-state index is 14.9. The van der Waals surface area contributed by atoms with Gasteiger partial charge in [-0.05, 0) is 77.4 Å². The molecule has 25 heavy (non-hydrogen) atoms. The second-order valence-electron chi connectivity index (χ2n) is 8.36. The zero-order valence-corrected chi connectivity index (χ0v) is 16.1. The highest BCUT2D eigenvalue weighted by Crippen LogP contribution is 2.37. The molecule has 2 aliphatic rings. The largest absolute Gasteiger partial charge is 0.494 e. The summed E-state index contributed by atoms with van der Waals surface area (Å²) in [6.07, 6.45) is 6.37. The number of hydrogen-bond donors (Lipinski definition) is 0. The highest BCUT2D eigenvalue weighted by molar-refractivity contribution is 6.62. The van der Waals surface area contributed by atoms with Gasteiger partial charge >= 0.3 is 7.12 Å². The minimum absolute atomic E-state index is 0.276. The number of halogens is 1. The van der Waals surface area contributed by atoms with Crippen molar-refractivity contribution in [2.24, 2.45) is 4.99 Å². The summed E-state index contributed by atoms with van der Waals surface area (Å²) in [6, 6.07) is 3.56. The Morgan fingerprint density at radius 2 is 1.56 bits per heavy atom. The molecule has 0 aromatic heterocycles. The van der Waals surface area contributed by atoms with Crippen molar-refractivity contribution in [3.05, 3.63) is 23.5 Å². The first-order chi connectivity index (χ1) is 11.7. The summed E-state index contributed by atoms with van der Waals surface area (Å²) in [5.41, 5.74) is 2.36. The molecule has 1 fully saturated rings. The zero-order valence-electron chi connectivity index (χ0n) is 16.1. The van der Waals surface area contributed by atoms with Crippen LogP contribution in [0.4, 0.5) is 10.1 Å². The lowest BCUT2D eigenvalue weighted by atomic mass is 9.77. The van der Waals surface area contributed by atoms with Crippen LogP contribution in [0.2, 0.25) is 0 Å². The molecule has 0 aliphatic carbocycles. The minimum Gasteiger partial charge on any atom is -0.399 e. The van der Waals surface area contributed by atoms with E-state index in [4.69, 9.17) is 9.31 Å². The second kappa shape index (κ2) is 6.84. The molecule has 0 spiro atoms. The van der Waals surface area contributed by atoms with Gasteiger partial charge in [0.25, 0.3) is 0 Å². The van der Waals surface area contributed by atoms with Crippen molar-refractivity contribution in [2.75, 3.05) is 0 Å². The SMILES string of the molecule is C/C1=N/c2c(F)cc(B3OC(C)(C)C(C)(C)O3)cc2CCCCCC1. The molecule has 3 rings (SSSR count). The van der Waals surface area contributed by atoms with Gasteiger partial charge in [0, 0.05) is 5.71 Å². The van der Waals surface area contributed by atoms with Gasteiger partial charge in [-0.25, -0.2) is 4.39 Å². The summed E-state index contributed by atoms with van der Waals surface area (Å²) >= 11 is 0. The van der Waals surface area contributed by atoms with E-state index < -0.39 is 18.3 Å². The predicted octanol–water partition coefficient (Wildman–Crippen LogP) is 4.72. The van der Waals surface area contributed by atoms with Gasteiger partial charge in [0.2, 0.25) is 0 Å². The Morgan fingerprint density at radius 3 is 2.20 bits per heavy atom. The second-order valence-corrected chi connectivity index (χ2v) is 8.36. The standard InChI is InChI=1S/C20H29BFNO2/c1-14-10-8-6-7-9-11-15-12-16(13-17(22)18(15)23-14)21-24-19(2,3)20(4,5)25-21/h12-13H,6-11H2,1-5H3/b23-14-. The van der Waals surface area contributed by atoms with E-state index in [1.165, 1.54) is 18.9 Å². The van der Waals surface area contributed by atoms with Crippen LogP contribution in [0.1, 0.15) is 72.3 Å². The number of benzene rings is 1. The van der Waals surface area contributed by atoms with E-state index >= 15 is 0 Å². The number of fused-ring (bicyclic) bond motifs is 1. The van der Waals surface area contributed by atoms with E-state index in [9.17, 15) is 4.39 Å². The monoisotopic (exact) mass is 345 g/mol. The molecular weight excluding hydrogens is 316 g/mol. The molecule has 2 aliphatic heterocycles. The number of nitrogens with zero attached hydrogens (tertiary/aromatic N) is 1. The quantitative estimate of drug-likeness (QED) is 0.690. The lowest BCUT2D eigenvalue weighted by Crippen LogP contribution is -2.41. The van der Waals surface area contributed by atoms with Crippen LogP contribution in [0.5, 0.6) is 0 Å². The van der Waals surface area contributed by atoms with Gasteiger partial charge in [0.05, 0.1) is 11.2 Å². The fraction of sp³-hybridized carbons (Fsp3) is 0.650. The van der Waals surface area contributed by atoms with Crippen LogP contribution in [0.25, 0.3) is 0 Å². The molecule has 2 heterocycles. The van der Waals surface area contributed by atoms with Crippen molar-refractivity contribution < 1.29 is 13.7 Å². The highest BCUT2D eigenvalue weighted by Gasteiger charge is 2.51. The number of aryl methyl sites for hydroxylation is 1. The molecule has 1 saturated heterocycles. The van der Waals surface area contributed by atoms with Gasteiger partial charge < -0.3 is 9.31 Å². The Labute approximate surface area is 151 Å². The average molecular weight is 345 g/mol. The van der Waals surface area contributed by atoms with Gasteiger partial charge in [-0.3, -0.25) is 4.99 Å². The summed E-state index contributed by atoms with van der Waals surface area (Å²) in [6.45, 7) is 10.0. The first-order valence-electron chi connectivity index (χ1n) is 9.42. The topological polar surface area (TPSA) is 30.8 Å². The maximum Gasteiger partial charge on any atom is 0.494 e. The number of hydrogen-bond acceptors (Lipinski definition) is 3. The molecule has 0 radical (unpaired) electrons. The number of rotatable bonds is 1. The Bertz CT molecular complexity index is 669. The van der Waals surface area contributed by atoms with E-state index in [0.29, 0.717) is 5.69 Å². The van der Waals surface area contributed by atoms with Gasteiger partial charge in [-0.15, -0.1) is 0 Å². The van der Waals surface area contributed by atoms with E-state index in [0.717, 1.165) is 42.4 Å². The Balaban J connectivity index is 1.97. The molecule has 3 nitrogen and oxygen atoms in total. The van der Waals surface area contributed by atoms with Crippen molar-refractivity contribution >= 4 is 24.0 Å². The third kappa shape index (κ3) is 3.82. The predicted molar refractivity (Wildman–Crippen MR) is 102 cm³/mol. The highest BCUT2D eigenvalue weighted by atomic mass is 19.1. The molecule has 5 heteroatoms. The molecule has 136 valence electrons. The fourth-order valence-electron chi connectivity index (χ4n) is 3.41. The van der Waals surface area contributed by atoms with Crippen LogP contribution in [0.15, 0.2) is 17.1 Å². The summed E-state index contributed by atoms with van der Waals surface area (Å²) in [7, 11) is -0.537. The molecular formula is C20H29BFNO2. The lowest BCUT2D eigenvalue weighted by molar-refractivity contribution is 0.00578. The average Bonchev–Trinajstić information content (AvgIpc) is 2.74. The third-order valence-corrected chi connectivity index (χ3v) is 5.73. The van der Waals surface area contributed by atoms with E-state index in [1.54, 1.807) is 0 Å². The van der Waals surface area contributed by atoms with Crippen LogP contribution in [0, 0.1) is 5.82 Å². The smallest absolute Gasteiger partial charge is 0.399 e. The van der Waals surface area contributed by atoms with E-state index in [2.05, 4.69) is 4.99 Å². The van der Waals surface area contributed by atoms with Crippen LogP contribution in [0.3, 0.4) is 0 Å². The van der Waals surface area contributed by atoms with Crippen molar-refractivity contribution in [3.63, 3.8) is 0 Å². The van der Waals surface area contributed by atoms with Crippen LogP contribution >= 0.6 is 0 Å². The normalized spacial score (nSPS) is 25.2. The van der Waals surface area contributed by atoms with Crippen molar-refractivity contribution in [3.8, 4) is 0 Å². The zero-order chi connectivity index (χ0) is 18.2. The third-order valence-electron chi connectivity index (χ3n) is 5.73. The van der Waals surface area contributed by atoms with Crippen LogP contribution in [-0.2, 0) is 15.7 Å². The summed E-state index contributed by atoms with van der Waals surface area (Å²) in [5.74, 6) is -0.276. The first kappa shape index (κ1) is 18.6. The van der Waals surface area contributed by atoms with Gasteiger partial charge in [0.1, 0.15) is 11.5 Å². The van der Waals surface area contributed by atoms with Gasteiger partial charge in [-0.2, -0.15) is 0 Å². The lowest BCUT2D eigenvalue weighted by Gasteiger charge is -2.32. The van der Waals surface area contributed by atoms with Crippen molar-refractivity contribution in [1.29, 1.82) is 0 Å². The molecule has 0 atom stereocenters. The Morgan fingerprint density at radius 1 is 0.960 bits per heavy atom. The molecule has 0 amide bonds. The first-order valence-corrected chi connectivity index (χ1v) is 9.42. The van der Waals surface area contributed by atoms with Crippen molar-refractivity contribution in [2.45, 2.75) is 84.3 Å². The molecule has 0 N–H and O–H groups in total. The minimum atomic E-state index is -0.537. The molecule has 0 unspecified atom stereocenters. The van der Waals surface area contributed by atoms with Crippen molar-refractivity contribution in [1.82, 2.24) is 0 Å². The van der Waals surface area contributed by atoms with E-state index in [1.807, 2.05) is 40.7 Å². The van der Waals surface area contributed by atoms with Crippen LogP contribution < -0.4 is 5.46 Å². The van der Waals surface area contributed by atoms with Gasteiger partial charge in [0.15, 0.2) is 0 Å². The molecule has 0 bridgehead atoms. The number of aliphatic imine (C=N–C) groups is 1. The van der Waals surface area contributed by atoms with E-state index in [-0.39, 0.29) is 5.82 Å². The molecule has 0 saturated carbocycles. The Kier molecular flexibility index (Phi) is 5.09. The van der Waals surface area contributed by atoms with Crippen LogP contribution in [-0.4, -0.2) is 24.0 Å². The molecule has 1 aromatic carbocycles. The van der Waals surface area contributed by atoms with Gasteiger partial charge in [-0.1, -0.05) is 18.9 Å².